The molecular weight excluding hydrogens is 320 g/mol. The molecule has 1 aliphatic heterocycles. The molecule has 1 saturated heterocycles. The largest absolute Gasteiger partial charge is 0.395 e. The topological polar surface area (TPSA) is 110 Å². The molecule has 0 unspecified atom stereocenters. The highest BCUT2D eigenvalue weighted by molar-refractivity contribution is 7.89. The van der Waals surface area contributed by atoms with E-state index in [0.717, 1.165) is 13.0 Å². The molecule has 0 saturated carbocycles. The van der Waals surface area contributed by atoms with Gasteiger partial charge in [0, 0.05) is 26.2 Å². The lowest BCUT2D eigenvalue weighted by Gasteiger charge is -2.21. The highest BCUT2D eigenvalue weighted by Crippen LogP contribution is 2.20. The highest BCUT2D eigenvalue weighted by atomic mass is 32.2. The van der Waals surface area contributed by atoms with Crippen molar-refractivity contribution in [3.63, 3.8) is 0 Å². The zero-order valence-electron chi connectivity index (χ0n) is 12.7. The number of aromatic nitrogens is 2. The average molecular weight is 340 g/mol. The number of sulfonamides is 1. The number of fused-ring (bicyclic) bond motifs is 1. The Balaban J connectivity index is 1.85. The Hall–Kier alpha value is -1.68. The second kappa shape index (κ2) is 6.44. The number of H-pyrrole nitrogens is 2. The maximum absolute atomic E-state index is 12.8. The van der Waals surface area contributed by atoms with Crippen molar-refractivity contribution < 1.29 is 13.5 Å². The van der Waals surface area contributed by atoms with E-state index in [9.17, 15) is 13.2 Å². The van der Waals surface area contributed by atoms with Gasteiger partial charge in [-0.2, -0.15) is 4.31 Å². The lowest BCUT2D eigenvalue weighted by Crippen LogP contribution is -2.35. The van der Waals surface area contributed by atoms with Gasteiger partial charge in [-0.15, -0.1) is 0 Å². The predicted molar refractivity (Wildman–Crippen MR) is 85.8 cm³/mol. The van der Waals surface area contributed by atoms with Crippen molar-refractivity contribution in [1.29, 1.82) is 0 Å². The summed E-state index contributed by atoms with van der Waals surface area (Å²) in [4.78, 5) is 18.7. The standard InChI is InChI=1S/C14H20N4O4S/c19-9-8-17-4-1-5-18(7-6-17)23(21,22)11-2-3-12-13(10-11)16-14(20)15-12/h2-3,10,19H,1,4-9H2,(H2,15,16,20). The molecule has 0 bridgehead atoms. The summed E-state index contributed by atoms with van der Waals surface area (Å²) in [6, 6.07) is 4.59. The summed E-state index contributed by atoms with van der Waals surface area (Å²) in [5.74, 6) is 0. The first-order chi connectivity index (χ1) is 11.0. The van der Waals surface area contributed by atoms with Crippen LogP contribution in [0.1, 0.15) is 6.42 Å². The molecule has 9 heteroatoms. The fourth-order valence-electron chi connectivity index (χ4n) is 2.87. The number of nitrogens with one attached hydrogen (secondary N) is 2. The third-order valence-corrected chi connectivity index (χ3v) is 5.98. The minimum atomic E-state index is -3.60. The number of aliphatic hydroxyl groups is 1. The van der Waals surface area contributed by atoms with E-state index in [-0.39, 0.29) is 17.2 Å². The molecule has 0 atom stereocenters. The maximum atomic E-state index is 12.8. The maximum Gasteiger partial charge on any atom is 0.323 e. The molecule has 2 heterocycles. The van der Waals surface area contributed by atoms with Crippen LogP contribution in [0.4, 0.5) is 0 Å². The van der Waals surface area contributed by atoms with Crippen LogP contribution in [0.5, 0.6) is 0 Å². The van der Waals surface area contributed by atoms with E-state index in [1.165, 1.54) is 16.4 Å². The minimum absolute atomic E-state index is 0.0737. The smallest absolute Gasteiger partial charge is 0.323 e. The van der Waals surface area contributed by atoms with Gasteiger partial charge < -0.3 is 15.1 Å². The van der Waals surface area contributed by atoms with Crippen LogP contribution in [-0.2, 0) is 10.0 Å². The highest BCUT2D eigenvalue weighted by Gasteiger charge is 2.27. The van der Waals surface area contributed by atoms with Crippen molar-refractivity contribution in [2.45, 2.75) is 11.3 Å². The van der Waals surface area contributed by atoms with Gasteiger partial charge in [0.05, 0.1) is 22.5 Å². The SMILES string of the molecule is O=c1[nH]c2ccc(S(=O)(=O)N3CCCN(CCO)CC3)cc2[nH]1. The van der Waals surface area contributed by atoms with E-state index in [1.54, 1.807) is 6.07 Å². The Bertz CT molecular complexity index is 842. The molecule has 23 heavy (non-hydrogen) atoms. The number of benzene rings is 1. The van der Waals surface area contributed by atoms with Crippen molar-refractivity contribution in [2.75, 3.05) is 39.3 Å². The molecule has 0 amide bonds. The van der Waals surface area contributed by atoms with Gasteiger partial charge in [0.1, 0.15) is 0 Å². The second-order valence-corrected chi connectivity index (χ2v) is 7.55. The Kier molecular flexibility index (Phi) is 4.53. The first kappa shape index (κ1) is 16.2. The van der Waals surface area contributed by atoms with Crippen LogP contribution in [0.3, 0.4) is 0 Å². The van der Waals surface area contributed by atoms with Crippen molar-refractivity contribution in [3.05, 3.63) is 28.7 Å². The molecule has 0 aliphatic carbocycles. The quantitative estimate of drug-likeness (QED) is 0.698. The molecule has 1 aromatic carbocycles. The van der Waals surface area contributed by atoms with E-state index >= 15 is 0 Å². The first-order valence-electron chi connectivity index (χ1n) is 7.56. The molecule has 3 rings (SSSR count). The van der Waals surface area contributed by atoms with Crippen LogP contribution in [0.15, 0.2) is 27.9 Å². The molecule has 1 aliphatic rings. The number of nitrogens with zero attached hydrogens (tertiary/aromatic N) is 2. The third-order valence-electron chi connectivity index (χ3n) is 4.09. The molecule has 0 radical (unpaired) electrons. The molecule has 2 aromatic rings. The number of β-amino-alcohol motifs (C(OH)–C–C–N with tert-alkyl or cyclic N) is 1. The van der Waals surface area contributed by atoms with E-state index in [4.69, 9.17) is 5.11 Å². The first-order valence-corrected chi connectivity index (χ1v) is 9.00. The summed E-state index contributed by atoms with van der Waals surface area (Å²) in [5, 5.41) is 9.01. The van der Waals surface area contributed by atoms with Crippen LogP contribution in [0, 0.1) is 0 Å². The van der Waals surface area contributed by atoms with Gasteiger partial charge in [-0.1, -0.05) is 0 Å². The fourth-order valence-corrected chi connectivity index (χ4v) is 4.37. The molecule has 3 N–H and O–H groups in total. The molecule has 1 aromatic heterocycles. The monoisotopic (exact) mass is 340 g/mol. The summed E-state index contributed by atoms with van der Waals surface area (Å²) in [6.45, 7) is 2.85. The Morgan fingerprint density at radius 1 is 1.09 bits per heavy atom. The molecule has 1 fully saturated rings. The van der Waals surface area contributed by atoms with Crippen molar-refractivity contribution in [3.8, 4) is 0 Å². The number of aliphatic hydroxyl groups excluding tert-OH is 1. The predicted octanol–water partition coefficient (Wildman–Crippen LogP) is -0.455. The van der Waals surface area contributed by atoms with Gasteiger partial charge in [-0.05, 0) is 31.2 Å². The van der Waals surface area contributed by atoms with Gasteiger partial charge >= 0.3 is 5.69 Å². The van der Waals surface area contributed by atoms with Crippen LogP contribution in [0.2, 0.25) is 0 Å². The summed E-state index contributed by atoms with van der Waals surface area (Å²) in [7, 11) is -3.60. The average Bonchev–Trinajstić information content (AvgIpc) is 2.72. The van der Waals surface area contributed by atoms with E-state index in [0.29, 0.717) is 37.2 Å². The van der Waals surface area contributed by atoms with Crippen LogP contribution >= 0.6 is 0 Å². The van der Waals surface area contributed by atoms with Gasteiger partial charge in [0.15, 0.2) is 0 Å². The lowest BCUT2D eigenvalue weighted by atomic mass is 10.3. The molecular formula is C14H20N4O4S. The lowest BCUT2D eigenvalue weighted by molar-refractivity contribution is 0.202. The summed E-state index contributed by atoms with van der Waals surface area (Å²) in [5.41, 5.74) is 0.704. The van der Waals surface area contributed by atoms with E-state index in [2.05, 4.69) is 14.9 Å². The summed E-state index contributed by atoms with van der Waals surface area (Å²) >= 11 is 0. The van der Waals surface area contributed by atoms with Gasteiger partial charge in [0.2, 0.25) is 10.0 Å². The Morgan fingerprint density at radius 2 is 1.87 bits per heavy atom. The fraction of sp³-hybridized carbons (Fsp3) is 0.500. The van der Waals surface area contributed by atoms with Gasteiger partial charge in [-0.3, -0.25) is 4.90 Å². The van der Waals surface area contributed by atoms with Crippen molar-refractivity contribution in [2.24, 2.45) is 0 Å². The van der Waals surface area contributed by atoms with E-state index < -0.39 is 10.0 Å². The third kappa shape index (κ3) is 3.32. The van der Waals surface area contributed by atoms with Gasteiger partial charge in [0.25, 0.3) is 0 Å². The van der Waals surface area contributed by atoms with Crippen molar-refractivity contribution >= 4 is 21.1 Å². The number of aromatic amines is 2. The molecule has 8 nitrogen and oxygen atoms in total. The minimum Gasteiger partial charge on any atom is -0.395 e. The Labute approximate surface area is 133 Å². The normalized spacial score (nSPS) is 18.3. The number of hydrogen-bond acceptors (Lipinski definition) is 5. The van der Waals surface area contributed by atoms with Crippen LogP contribution in [0.25, 0.3) is 11.0 Å². The van der Waals surface area contributed by atoms with Crippen LogP contribution in [-0.4, -0.2) is 72.0 Å². The van der Waals surface area contributed by atoms with Crippen LogP contribution < -0.4 is 5.69 Å². The summed E-state index contributed by atoms with van der Waals surface area (Å²) < 4.78 is 27.1. The molecule has 0 spiro atoms. The molecule has 126 valence electrons. The summed E-state index contributed by atoms with van der Waals surface area (Å²) in [6.07, 6.45) is 0.725. The zero-order valence-corrected chi connectivity index (χ0v) is 13.5. The second-order valence-electron chi connectivity index (χ2n) is 5.61. The zero-order chi connectivity index (χ0) is 16.4. The number of rotatable bonds is 4. The van der Waals surface area contributed by atoms with E-state index in [1.807, 2.05) is 0 Å². The number of imidazole rings is 1. The number of hydrogen-bond donors (Lipinski definition) is 3. The Morgan fingerprint density at radius 3 is 2.65 bits per heavy atom. The van der Waals surface area contributed by atoms with Gasteiger partial charge in [-0.25, -0.2) is 13.2 Å². The van der Waals surface area contributed by atoms with Crippen molar-refractivity contribution in [1.82, 2.24) is 19.2 Å².